The Morgan fingerprint density at radius 2 is 2.00 bits per heavy atom. The first-order chi connectivity index (χ1) is 9.46. The number of benzene rings is 1. The third-order valence-corrected chi connectivity index (χ3v) is 4.70. The molecule has 0 saturated heterocycles. The first kappa shape index (κ1) is 14.0. The molecule has 0 radical (unpaired) electrons. The van der Waals surface area contributed by atoms with Crippen molar-refractivity contribution in [2.75, 3.05) is 11.4 Å². The highest BCUT2D eigenvalue weighted by atomic mass is 32.2. The minimum absolute atomic E-state index is 0.0912. The van der Waals surface area contributed by atoms with E-state index in [4.69, 9.17) is 5.26 Å². The standard InChI is InChI=1S/C14H13N3O2S/c1-11-5-3-6-12(9-11)17(2)20(18,19)14-7-4-8-16-13(14)10-15/h3-9H,1-2H3. The van der Waals surface area contributed by atoms with Gasteiger partial charge >= 0.3 is 0 Å². The van der Waals surface area contributed by atoms with Gasteiger partial charge in [0.25, 0.3) is 10.0 Å². The van der Waals surface area contributed by atoms with E-state index < -0.39 is 10.0 Å². The van der Waals surface area contributed by atoms with E-state index in [0.29, 0.717) is 5.69 Å². The van der Waals surface area contributed by atoms with Crippen molar-refractivity contribution in [3.05, 3.63) is 53.9 Å². The summed E-state index contributed by atoms with van der Waals surface area (Å²) in [5.74, 6) is 0. The number of nitriles is 1. The smallest absolute Gasteiger partial charge is 0.266 e. The van der Waals surface area contributed by atoms with Gasteiger partial charge in [0, 0.05) is 13.2 Å². The number of hydrogen-bond donors (Lipinski definition) is 0. The Balaban J connectivity index is 2.53. The molecule has 6 heteroatoms. The van der Waals surface area contributed by atoms with E-state index in [2.05, 4.69) is 4.98 Å². The van der Waals surface area contributed by atoms with Crippen LogP contribution in [-0.4, -0.2) is 20.4 Å². The van der Waals surface area contributed by atoms with E-state index in [1.54, 1.807) is 24.3 Å². The summed E-state index contributed by atoms with van der Waals surface area (Å²) in [6.45, 7) is 1.88. The number of nitrogens with zero attached hydrogens (tertiary/aromatic N) is 3. The highest BCUT2D eigenvalue weighted by Crippen LogP contribution is 2.23. The molecule has 1 aromatic heterocycles. The number of sulfonamides is 1. The second kappa shape index (κ2) is 5.31. The van der Waals surface area contributed by atoms with Crippen LogP contribution in [0.5, 0.6) is 0 Å². The molecular weight excluding hydrogens is 274 g/mol. The summed E-state index contributed by atoms with van der Waals surface area (Å²) in [6.07, 6.45) is 1.39. The largest absolute Gasteiger partial charge is 0.269 e. The summed E-state index contributed by atoms with van der Waals surface area (Å²) in [4.78, 5) is 3.70. The monoisotopic (exact) mass is 287 g/mol. The molecule has 0 unspecified atom stereocenters. The predicted molar refractivity (Wildman–Crippen MR) is 75.7 cm³/mol. The third kappa shape index (κ3) is 2.49. The number of anilines is 1. The molecule has 0 aliphatic heterocycles. The van der Waals surface area contributed by atoms with Crippen molar-refractivity contribution in [1.82, 2.24) is 4.98 Å². The van der Waals surface area contributed by atoms with Gasteiger partial charge in [-0.1, -0.05) is 12.1 Å². The fourth-order valence-corrected chi connectivity index (χ4v) is 3.07. The average molecular weight is 287 g/mol. The van der Waals surface area contributed by atoms with Crippen LogP contribution < -0.4 is 4.31 Å². The van der Waals surface area contributed by atoms with Crippen LogP contribution in [0.25, 0.3) is 0 Å². The molecule has 2 aromatic rings. The van der Waals surface area contributed by atoms with Gasteiger partial charge in [0.1, 0.15) is 11.0 Å². The molecule has 0 aliphatic carbocycles. The number of hydrogen-bond acceptors (Lipinski definition) is 4. The molecule has 2 rings (SSSR count). The molecule has 102 valence electrons. The van der Waals surface area contributed by atoms with Crippen molar-refractivity contribution in [2.45, 2.75) is 11.8 Å². The van der Waals surface area contributed by atoms with Gasteiger partial charge in [0.05, 0.1) is 5.69 Å². The van der Waals surface area contributed by atoms with Gasteiger partial charge in [-0.25, -0.2) is 13.4 Å². The van der Waals surface area contributed by atoms with Crippen LogP contribution in [-0.2, 0) is 10.0 Å². The van der Waals surface area contributed by atoms with Crippen LogP contribution >= 0.6 is 0 Å². The van der Waals surface area contributed by atoms with Gasteiger partial charge in [-0.2, -0.15) is 5.26 Å². The molecule has 0 saturated carbocycles. The number of rotatable bonds is 3. The van der Waals surface area contributed by atoms with E-state index in [-0.39, 0.29) is 10.6 Å². The summed E-state index contributed by atoms with van der Waals surface area (Å²) in [7, 11) is -2.35. The Hall–Kier alpha value is -2.39. The molecule has 0 atom stereocenters. The van der Waals surface area contributed by atoms with Crippen molar-refractivity contribution in [3.63, 3.8) is 0 Å². The molecular formula is C14H13N3O2S. The lowest BCUT2D eigenvalue weighted by molar-refractivity contribution is 0.593. The zero-order valence-electron chi connectivity index (χ0n) is 11.1. The number of aryl methyl sites for hydroxylation is 1. The Morgan fingerprint density at radius 1 is 1.25 bits per heavy atom. The van der Waals surface area contributed by atoms with E-state index >= 15 is 0 Å². The van der Waals surface area contributed by atoms with E-state index in [0.717, 1.165) is 9.87 Å². The average Bonchev–Trinajstić information content (AvgIpc) is 2.46. The molecule has 5 nitrogen and oxygen atoms in total. The van der Waals surface area contributed by atoms with Crippen LogP contribution in [0.2, 0.25) is 0 Å². The zero-order chi connectivity index (χ0) is 14.8. The Labute approximate surface area is 118 Å². The second-order valence-corrected chi connectivity index (χ2v) is 6.21. The molecule has 0 bridgehead atoms. The number of aromatic nitrogens is 1. The molecule has 0 aliphatic rings. The Morgan fingerprint density at radius 3 is 2.65 bits per heavy atom. The predicted octanol–water partition coefficient (Wildman–Crippen LogP) is 2.09. The van der Waals surface area contributed by atoms with Crippen LogP contribution in [0.4, 0.5) is 5.69 Å². The van der Waals surface area contributed by atoms with Gasteiger partial charge < -0.3 is 0 Å². The SMILES string of the molecule is Cc1cccc(N(C)S(=O)(=O)c2cccnc2C#N)c1. The van der Waals surface area contributed by atoms with Gasteiger partial charge in [0.15, 0.2) is 5.69 Å². The highest BCUT2D eigenvalue weighted by molar-refractivity contribution is 7.92. The molecule has 20 heavy (non-hydrogen) atoms. The minimum Gasteiger partial charge on any atom is -0.269 e. The lowest BCUT2D eigenvalue weighted by Crippen LogP contribution is -2.27. The fraction of sp³-hybridized carbons (Fsp3) is 0.143. The molecule has 0 spiro atoms. The topological polar surface area (TPSA) is 74.1 Å². The van der Waals surface area contributed by atoms with Crippen LogP contribution in [0.1, 0.15) is 11.3 Å². The summed E-state index contributed by atoms with van der Waals surface area (Å²) in [5.41, 5.74) is 1.39. The third-order valence-electron chi connectivity index (χ3n) is 2.88. The molecule has 1 heterocycles. The summed E-state index contributed by atoms with van der Waals surface area (Å²) >= 11 is 0. The van der Waals surface area contributed by atoms with Crippen molar-refractivity contribution >= 4 is 15.7 Å². The maximum atomic E-state index is 12.6. The summed E-state index contributed by atoms with van der Waals surface area (Å²) < 4.78 is 26.3. The molecule has 0 amide bonds. The van der Waals surface area contributed by atoms with Crippen LogP contribution in [0.15, 0.2) is 47.5 Å². The lowest BCUT2D eigenvalue weighted by Gasteiger charge is -2.20. The minimum atomic E-state index is -3.80. The first-order valence-corrected chi connectivity index (χ1v) is 7.31. The highest BCUT2D eigenvalue weighted by Gasteiger charge is 2.25. The van der Waals surface area contributed by atoms with Crippen LogP contribution in [0.3, 0.4) is 0 Å². The normalized spacial score (nSPS) is 10.8. The van der Waals surface area contributed by atoms with Gasteiger partial charge in [-0.05, 0) is 36.8 Å². The quantitative estimate of drug-likeness (QED) is 0.866. The van der Waals surface area contributed by atoms with Gasteiger partial charge in [-0.15, -0.1) is 0 Å². The zero-order valence-corrected chi connectivity index (χ0v) is 11.9. The molecule has 1 aromatic carbocycles. The Kier molecular flexibility index (Phi) is 3.72. The van der Waals surface area contributed by atoms with E-state index in [1.807, 2.05) is 13.0 Å². The number of pyridine rings is 1. The van der Waals surface area contributed by atoms with Crippen molar-refractivity contribution in [2.24, 2.45) is 0 Å². The maximum absolute atomic E-state index is 12.6. The summed E-state index contributed by atoms with van der Waals surface area (Å²) in [5, 5.41) is 8.98. The first-order valence-electron chi connectivity index (χ1n) is 5.87. The van der Waals surface area contributed by atoms with Crippen molar-refractivity contribution < 1.29 is 8.42 Å². The van der Waals surface area contributed by atoms with E-state index in [9.17, 15) is 8.42 Å². The van der Waals surface area contributed by atoms with E-state index in [1.165, 1.54) is 25.4 Å². The molecule has 0 fully saturated rings. The van der Waals surface area contributed by atoms with Gasteiger partial charge in [-0.3, -0.25) is 4.31 Å². The second-order valence-electron chi connectivity index (χ2n) is 4.27. The fourth-order valence-electron chi connectivity index (χ4n) is 1.79. The van der Waals surface area contributed by atoms with Crippen molar-refractivity contribution in [1.29, 1.82) is 5.26 Å². The Bertz CT molecular complexity index is 779. The maximum Gasteiger partial charge on any atom is 0.266 e. The van der Waals surface area contributed by atoms with Crippen LogP contribution in [0, 0.1) is 18.3 Å². The van der Waals surface area contributed by atoms with Crippen molar-refractivity contribution in [3.8, 4) is 6.07 Å². The summed E-state index contributed by atoms with van der Waals surface area (Å²) in [6, 6.07) is 11.8. The lowest BCUT2D eigenvalue weighted by atomic mass is 10.2. The molecule has 0 N–H and O–H groups in total. The van der Waals surface area contributed by atoms with Gasteiger partial charge in [0.2, 0.25) is 0 Å².